The SMILES string of the molecule is Cc1ccc(C(O)CC2CCCc3ccccc32)o1. The molecular weight excluding hydrogens is 236 g/mol. The van der Waals surface area contributed by atoms with E-state index in [1.54, 1.807) is 0 Å². The molecule has 0 radical (unpaired) electrons. The number of aliphatic hydroxyl groups excluding tert-OH is 1. The van der Waals surface area contributed by atoms with Gasteiger partial charge in [-0.1, -0.05) is 24.3 Å². The van der Waals surface area contributed by atoms with Gasteiger partial charge in [0.2, 0.25) is 0 Å². The minimum absolute atomic E-state index is 0.449. The zero-order chi connectivity index (χ0) is 13.2. The monoisotopic (exact) mass is 256 g/mol. The van der Waals surface area contributed by atoms with E-state index in [4.69, 9.17) is 4.42 Å². The summed E-state index contributed by atoms with van der Waals surface area (Å²) >= 11 is 0. The lowest BCUT2D eigenvalue weighted by Gasteiger charge is -2.26. The standard InChI is InChI=1S/C17H20O2/c1-12-9-10-17(19-12)16(18)11-14-7-4-6-13-5-2-3-8-15(13)14/h2-3,5,8-10,14,16,18H,4,6-7,11H2,1H3. The van der Waals surface area contributed by atoms with E-state index in [1.165, 1.54) is 24.0 Å². The maximum Gasteiger partial charge on any atom is 0.132 e. The average Bonchev–Trinajstić information content (AvgIpc) is 2.86. The molecule has 2 aromatic rings. The van der Waals surface area contributed by atoms with Crippen LogP contribution in [-0.4, -0.2) is 5.11 Å². The van der Waals surface area contributed by atoms with Crippen LogP contribution in [0.4, 0.5) is 0 Å². The summed E-state index contributed by atoms with van der Waals surface area (Å²) in [7, 11) is 0. The van der Waals surface area contributed by atoms with Crippen LogP contribution in [0, 0.1) is 6.92 Å². The van der Waals surface area contributed by atoms with Crippen molar-refractivity contribution in [3.05, 3.63) is 59.0 Å². The lowest BCUT2D eigenvalue weighted by molar-refractivity contribution is 0.127. The predicted octanol–water partition coefficient (Wildman–Crippen LogP) is 4.13. The molecule has 0 bridgehead atoms. The Hall–Kier alpha value is -1.54. The number of rotatable bonds is 3. The molecule has 0 fully saturated rings. The van der Waals surface area contributed by atoms with Gasteiger partial charge in [0.05, 0.1) is 0 Å². The van der Waals surface area contributed by atoms with Crippen molar-refractivity contribution in [1.29, 1.82) is 0 Å². The molecule has 19 heavy (non-hydrogen) atoms. The molecule has 2 nitrogen and oxygen atoms in total. The smallest absolute Gasteiger partial charge is 0.132 e. The van der Waals surface area contributed by atoms with Crippen LogP contribution in [-0.2, 0) is 6.42 Å². The molecule has 1 aliphatic rings. The third-order valence-corrected chi connectivity index (χ3v) is 4.09. The number of aliphatic hydroxyl groups is 1. The van der Waals surface area contributed by atoms with Gasteiger partial charge in [-0.25, -0.2) is 0 Å². The molecule has 0 aliphatic heterocycles. The Morgan fingerprint density at radius 1 is 1.26 bits per heavy atom. The minimum Gasteiger partial charge on any atom is -0.464 e. The van der Waals surface area contributed by atoms with Gasteiger partial charge in [0.25, 0.3) is 0 Å². The third-order valence-electron chi connectivity index (χ3n) is 4.09. The molecule has 2 heteroatoms. The first kappa shape index (κ1) is 12.5. The maximum atomic E-state index is 10.3. The predicted molar refractivity (Wildman–Crippen MR) is 75.1 cm³/mol. The summed E-state index contributed by atoms with van der Waals surface area (Å²) in [5, 5.41) is 10.3. The van der Waals surface area contributed by atoms with Crippen LogP contribution in [0.5, 0.6) is 0 Å². The van der Waals surface area contributed by atoms with Crippen LogP contribution in [0.15, 0.2) is 40.8 Å². The first-order valence-corrected chi connectivity index (χ1v) is 7.06. The van der Waals surface area contributed by atoms with E-state index in [2.05, 4.69) is 24.3 Å². The Labute approximate surface area is 114 Å². The van der Waals surface area contributed by atoms with E-state index in [0.717, 1.165) is 18.6 Å². The zero-order valence-electron chi connectivity index (χ0n) is 11.3. The highest BCUT2D eigenvalue weighted by molar-refractivity contribution is 5.32. The summed E-state index contributed by atoms with van der Waals surface area (Å²) in [6.07, 6.45) is 3.80. The van der Waals surface area contributed by atoms with Crippen LogP contribution < -0.4 is 0 Å². The van der Waals surface area contributed by atoms with Crippen LogP contribution in [0.1, 0.15) is 53.9 Å². The summed E-state index contributed by atoms with van der Waals surface area (Å²) in [6, 6.07) is 12.4. The minimum atomic E-state index is -0.496. The third kappa shape index (κ3) is 2.59. The highest BCUT2D eigenvalue weighted by atomic mass is 16.4. The number of hydrogen-bond donors (Lipinski definition) is 1. The normalized spacial score (nSPS) is 20.0. The first-order valence-electron chi connectivity index (χ1n) is 7.06. The van der Waals surface area contributed by atoms with Gasteiger partial charge in [0, 0.05) is 0 Å². The molecule has 0 spiro atoms. The Balaban J connectivity index is 1.77. The topological polar surface area (TPSA) is 33.4 Å². The van der Waals surface area contributed by atoms with Gasteiger partial charge in [0.15, 0.2) is 0 Å². The summed E-state index contributed by atoms with van der Waals surface area (Å²) in [6.45, 7) is 1.91. The number of hydrogen-bond acceptors (Lipinski definition) is 2. The second-order valence-corrected chi connectivity index (χ2v) is 5.49. The quantitative estimate of drug-likeness (QED) is 0.895. The molecule has 1 aromatic carbocycles. The second-order valence-electron chi connectivity index (χ2n) is 5.49. The molecule has 2 atom stereocenters. The van der Waals surface area contributed by atoms with Crippen molar-refractivity contribution in [3.8, 4) is 0 Å². The van der Waals surface area contributed by atoms with Crippen LogP contribution >= 0.6 is 0 Å². The molecule has 2 unspecified atom stereocenters. The molecule has 100 valence electrons. The molecular formula is C17H20O2. The molecule has 0 saturated carbocycles. The fourth-order valence-electron chi connectivity index (χ4n) is 3.12. The van der Waals surface area contributed by atoms with Crippen molar-refractivity contribution < 1.29 is 9.52 Å². The largest absolute Gasteiger partial charge is 0.464 e. The van der Waals surface area contributed by atoms with Gasteiger partial charge in [-0.15, -0.1) is 0 Å². The van der Waals surface area contributed by atoms with Crippen molar-refractivity contribution in [1.82, 2.24) is 0 Å². The lowest BCUT2D eigenvalue weighted by atomic mass is 9.80. The fourth-order valence-corrected chi connectivity index (χ4v) is 3.12. The van der Waals surface area contributed by atoms with E-state index >= 15 is 0 Å². The zero-order valence-corrected chi connectivity index (χ0v) is 11.3. The summed E-state index contributed by atoms with van der Waals surface area (Å²) in [5.74, 6) is 2.00. The Morgan fingerprint density at radius 2 is 2.11 bits per heavy atom. The van der Waals surface area contributed by atoms with Gasteiger partial charge in [0.1, 0.15) is 17.6 Å². The van der Waals surface area contributed by atoms with E-state index in [0.29, 0.717) is 11.7 Å². The van der Waals surface area contributed by atoms with Gasteiger partial charge >= 0.3 is 0 Å². The molecule has 1 N–H and O–H groups in total. The van der Waals surface area contributed by atoms with Crippen molar-refractivity contribution >= 4 is 0 Å². The Bertz CT molecular complexity index is 556. The number of aryl methyl sites for hydroxylation is 2. The van der Waals surface area contributed by atoms with E-state index in [1.807, 2.05) is 19.1 Å². The van der Waals surface area contributed by atoms with Crippen molar-refractivity contribution in [3.63, 3.8) is 0 Å². The molecule has 1 aromatic heterocycles. The van der Waals surface area contributed by atoms with Crippen LogP contribution in [0.25, 0.3) is 0 Å². The highest BCUT2D eigenvalue weighted by Gasteiger charge is 2.24. The Morgan fingerprint density at radius 3 is 2.89 bits per heavy atom. The van der Waals surface area contributed by atoms with Crippen LogP contribution in [0.3, 0.4) is 0 Å². The van der Waals surface area contributed by atoms with E-state index in [9.17, 15) is 5.11 Å². The molecule has 1 aliphatic carbocycles. The van der Waals surface area contributed by atoms with Gasteiger partial charge in [-0.2, -0.15) is 0 Å². The number of fused-ring (bicyclic) bond motifs is 1. The number of furan rings is 1. The van der Waals surface area contributed by atoms with Gasteiger partial charge in [-0.05, 0) is 61.8 Å². The average molecular weight is 256 g/mol. The lowest BCUT2D eigenvalue weighted by Crippen LogP contribution is -2.12. The summed E-state index contributed by atoms with van der Waals surface area (Å²) < 4.78 is 5.52. The first-order chi connectivity index (χ1) is 9.24. The number of benzene rings is 1. The molecule has 0 saturated heterocycles. The van der Waals surface area contributed by atoms with Crippen LogP contribution in [0.2, 0.25) is 0 Å². The highest BCUT2D eigenvalue weighted by Crippen LogP contribution is 2.37. The molecule has 1 heterocycles. The van der Waals surface area contributed by atoms with Crippen molar-refractivity contribution in [2.45, 2.75) is 44.6 Å². The molecule has 0 amide bonds. The van der Waals surface area contributed by atoms with E-state index < -0.39 is 6.10 Å². The van der Waals surface area contributed by atoms with E-state index in [-0.39, 0.29) is 0 Å². The Kier molecular flexibility index (Phi) is 3.43. The second kappa shape index (κ2) is 5.22. The van der Waals surface area contributed by atoms with Gasteiger partial charge in [-0.3, -0.25) is 0 Å². The summed E-state index contributed by atoms with van der Waals surface area (Å²) in [5.41, 5.74) is 2.86. The van der Waals surface area contributed by atoms with Crippen molar-refractivity contribution in [2.75, 3.05) is 0 Å². The van der Waals surface area contributed by atoms with Gasteiger partial charge < -0.3 is 9.52 Å². The van der Waals surface area contributed by atoms with Crippen molar-refractivity contribution in [2.24, 2.45) is 0 Å². The fraction of sp³-hybridized carbons (Fsp3) is 0.412. The maximum absolute atomic E-state index is 10.3. The molecule has 3 rings (SSSR count). The summed E-state index contributed by atoms with van der Waals surface area (Å²) in [4.78, 5) is 0.